The Morgan fingerprint density at radius 3 is 2.33 bits per heavy atom. The topological polar surface area (TPSA) is 53.2 Å². The first-order valence-electron chi connectivity index (χ1n) is 5.66. The average Bonchev–Trinajstić information content (AvgIpc) is 2.40. The van der Waals surface area contributed by atoms with Crippen LogP contribution in [0.25, 0.3) is 0 Å². The average molecular weight is 239 g/mol. The molecule has 0 unspecified atom stereocenters. The van der Waals surface area contributed by atoms with Crippen LogP contribution in [0.2, 0.25) is 0 Å². The number of aliphatic hydroxyl groups is 1. The summed E-state index contributed by atoms with van der Waals surface area (Å²) >= 11 is 0. The van der Waals surface area contributed by atoms with Crippen LogP contribution in [0.15, 0.2) is 48.5 Å². The van der Waals surface area contributed by atoms with Crippen LogP contribution in [0.3, 0.4) is 0 Å². The molecule has 90 valence electrons. The maximum absolute atomic E-state index is 9.66. The largest absolute Gasteiger partial charge is 0.456 e. The fraction of sp³-hybridized carbons (Fsp3) is 0.133. The summed E-state index contributed by atoms with van der Waals surface area (Å²) in [5.74, 6) is 1.06. The molecule has 0 amide bonds. The van der Waals surface area contributed by atoms with Gasteiger partial charge in [0.25, 0.3) is 0 Å². The second-order valence-electron chi connectivity index (χ2n) is 3.92. The molecule has 3 heteroatoms. The van der Waals surface area contributed by atoms with Gasteiger partial charge in [-0.2, -0.15) is 5.26 Å². The van der Waals surface area contributed by atoms with Crippen LogP contribution in [0.4, 0.5) is 0 Å². The van der Waals surface area contributed by atoms with Gasteiger partial charge in [0, 0.05) is 5.56 Å². The Morgan fingerprint density at radius 2 is 1.67 bits per heavy atom. The van der Waals surface area contributed by atoms with Gasteiger partial charge in [-0.3, -0.25) is 0 Å². The van der Waals surface area contributed by atoms with Gasteiger partial charge in [0.1, 0.15) is 17.6 Å². The third-order valence-electron chi connectivity index (χ3n) is 2.60. The molecule has 0 aromatic heterocycles. The van der Waals surface area contributed by atoms with Crippen LogP contribution >= 0.6 is 0 Å². The Bertz CT molecular complexity index is 585. The maximum Gasteiger partial charge on any atom is 0.145 e. The van der Waals surface area contributed by atoms with E-state index in [1.165, 1.54) is 0 Å². The van der Waals surface area contributed by atoms with Gasteiger partial charge in [0.2, 0.25) is 0 Å². The fourth-order valence-electron chi connectivity index (χ4n) is 1.69. The van der Waals surface area contributed by atoms with Gasteiger partial charge >= 0.3 is 0 Å². The predicted octanol–water partition coefficient (Wildman–Crippen LogP) is 3.40. The van der Waals surface area contributed by atoms with Gasteiger partial charge in [-0.05, 0) is 25.1 Å². The number of ether oxygens (including phenoxy) is 1. The van der Waals surface area contributed by atoms with Crippen LogP contribution in [0.5, 0.6) is 11.5 Å². The quantitative estimate of drug-likeness (QED) is 0.893. The van der Waals surface area contributed by atoms with Crippen molar-refractivity contribution in [3.8, 4) is 17.6 Å². The van der Waals surface area contributed by atoms with E-state index in [9.17, 15) is 5.11 Å². The normalized spacial score (nSPS) is 11.6. The minimum Gasteiger partial charge on any atom is -0.456 e. The van der Waals surface area contributed by atoms with E-state index in [2.05, 4.69) is 6.07 Å². The molecule has 1 atom stereocenters. The second-order valence-corrected chi connectivity index (χ2v) is 3.92. The van der Waals surface area contributed by atoms with Gasteiger partial charge < -0.3 is 9.84 Å². The van der Waals surface area contributed by atoms with E-state index in [1.807, 2.05) is 12.1 Å². The highest BCUT2D eigenvalue weighted by molar-refractivity contribution is 5.46. The van der Waals surface area contributed by atoms with Gasteiger partial charge in [-0.1, -0.05) is 30.3 Å². The number of para-hydroxylation sites is 2. The molecular formula is C15H13NO2. The van der Waals surface area contributed by atoms with Crippen LogP contribution in [0.1, 0.15) is 24.2 Å². The third-order valence-corrected chi connectivity index (χ3v) is 2.60. The molecule has 0 saturated carbocycles. The summed E-state index contributed by atoms with van der Waals surface area (Å²) < 4.78 is 5.71. The van der Waals surface area contributed by atoms with Gasteiger partial charge in [0.05, 0.1) is 11.7 Å². The highest BCUT2D eigenvalue weighted by atomic mass is 16.5. The van der Waals surface area contributed by atoms with Gasteiger partial charge in [0.15, 0.2) is 0 Å². The van der Waals surface area contributed by atoms with Crippen molar-refractivity contribution in [1.82, 2.24) is 0 Å². The van der Waals surface area contributed by atoms with E-state index >= 15 is 0 Å². The number of hydrogen-bond acceptors (Lipinski definition) is 3. The van der Waals surface area contributed by atoms with Crippen LogP contribution in [-0.2, 0) is 0 Å². The van der Waals surface area contributed by atoms with E-state index in [0.29, 0.717) is 22.6 Å². The molecule has 0 aliphatic rings. The summed E-state index contributed by atoms with van der Waals surface area (Å²) in [5.41, 5.74) is 1.17. The lowest BCUT2D eigenvalue weighted by atomic mass is 10.1. The molecule has 0 aliphatic carbocycles. The Morgan fingerprint density at radius 1 is 1.06 bits per heavy atom. The zero-order chi connectivity index (χ0) is 13.0. The zero-order valence-corrected chi connectivity index (χ0v) is 10.00. The monoisotopic (exact) mass is 239 g/mol. The summed E-state index contributed by atoms with van der Waals surface area (Å²) in [7, 11) is 0. The molecule has 0 heterocycles. The number of nitrogens with zero attached hydrogens (tertiary/aromatic N) is 1. The molecule has 0 radical (unpaired) electrons. The van der Waals surface area contributed by atoms with Crippen molar-refractivity contribution in [2.45, 2.75) is 13.0 Å². The van der Waals surface area contributed by atoms with E-state index < -0.39 is 6.10 Å². The maximum atomic E-state index is 9.66. The number of benzene rings is 2. The molecule has 0 saturated heterocycles. The molecule has 2 rings (SSSR count). The summed E-state index contributed by atoms with van der Waals surface area (Å²) in [6, 6.07) is 16.3. The summed E-state index contributed by atoms with van der Waals surface area (Å²) in [5, 5.41) is 18.7. The first-order valence-corrected chi connectivity index (χ1v) is 5.66. The molecule has 0 spiro atoms. The second kappa shape index (κ2) is 5.35. The molecule has 0 fully saturated rings. The zero-order valence-electron chi connectivity index (χ0n) is 10.00. The van der Waals surface area contributed by atoms with Crippen LogP contribution < -0.4 is 4.74 Å². The minimum atomic E-state index is -0.615. The van der Waals surface area contributed by atoms with Gasteiger partial charge in [-0.15, -0.1) is 0 Å². The number of aliphatic hydroxyl groups excluding tert-OH is 1. The van der Waals surface area contributed by atoms with E-state index in [0.717, 1.165) is 0 Å². The van der Waals surface area contributed by atoms with Crippen LogP contribution in [-0.4, -0.2) is 5.11 Å². The molecule has 1 N–H and O–H groups in total. The Hall–Kier alpha value is -2.31. The Kier molecular flexibility index (Phi) is 3.61. The number of nitriles is 1. The van der Waals surface area contributed by atoms with Crippen molar-refractivity contribution in [2.75, 3.05) is 0 Å². The minimum absolute atomic E-state index is 0.470. The molecule has 2 aromatic carbocycles. The summed E-state index contributed by atoms with van der Waals surface area (Å²) in [6.45, 7) is 1.68. The Balaban J connectivity index is 2.38. The molecule has 0 aliphatic heterocycles. The van der Waals surface area contributed by atoms with Crippen molar-refractivity contribution in [3.05, 3.63) is 59.7 Å². The molecule has 2 aromatic rings. The summed E-state index contributed by atoms with van der Waals surface area (Å²) in [6.07, 6.45) is -0.615. The lowest BCUT2D eigenvalue weighted by Gasteiger charge is -2.13. The van der Waals surface area contributed by atoms with Crippen molar-refractivity contribution < 1.29 is 9.84 Å². The summed E-state index contributed by atoms with van der Waals surface area (Å²) in [4.78, 5) is 0. The van der Waals surface area contributed by atoms with Crippen molar-refractivity contribution in [2.24, 2.45) is 0 Å². The van der Waals surface area contributed by atoms with E-state index in [-0.39, 0.29) is 0 Å². The van der Waals surface area contributed by atoms with Gasteiger partial charge in [-0.25, -0.2) is 0 Å². The first kappa shape index (κ1) is 12.2. The van der Waals surface area contributed by atoms with Crippen molar-refractivity contribution in [3.63, 3.8) is 0 Å². The number of hydrogen-bond donors (Lipinski definition) is 1. The molecular weight excluding hydrogens is 226 g/mol. The predicted molar refractivity (Wildman–Crippen MR) is 68.3 cm³/mol. The molecule has 18 heavy (non-hydrogen) atoms. The first-order chi connectivity index (χ1) is 8.72. The highest BCUT2D eigenvalue weighted by Crippen LogP contribution is 2.30. The standard InChI is InChI=1S/C15H13NO2/c1-11(17)13-7-3-5-9-15(13)18-14-8-4-2-6-12(14)10-16/h2-9,11,17H,1H3/t11-/m0/s1. The smallest absolute Gasteiger partial charge is 0.145 e. The highest BCUT2D eigenvalue weighted by Gasteiger charge is 2.10. The van der Waals surface area contributed by atoms with Crippen molar-refractivity contribution >= 4 is 0 Å². The Labute approximate surface area is 106 Å². The molecule has 0 bridgehead atoms. The lowest BCUT2D eigenvalue weighted by molar-refractivity contribution is 0.195. The van der Waals surface area contributed by atoms with E-state index in [1.54, 1.807) is 43.3 Å². The number of rotatable bonds is 3. The molecule has 3 nitrogen and oxygen atoms in total. The fourth-order valence-corrected chi connectivity index (χ4v) is 1.69. The van der Waals surface area contributed by atoms with E-state index in [4.69, 9.17) is 10.00 Å². The SMILES string of the molecule is C[C@H](O)c1ccccc1Oc1ccccc1C#N. The van der Waals surface area contributed by atoms with Crippen LogP contribution in [0, 0.1) is 11.3 Å². The van der Waals surface area contributed by atoms with Crippen molar-refractivity contribution in [1.29, 1.82) is 5.26 Å². The lowest BCUT2D eigenvalue weighted by Crippen LogP contribution is -1.96. The third kappa shape index (κ3) is 2.50.